The standard InChI is InChI=1S/2C58H39NO/c1-3-11-40(12-4-1)46-16-9-18-48(37-46)42-21-29-51(30-22-42)59(52-31-23-43(24-32-52)49-19-10-17-47(38-49)41-13-5-2-6-14-41)53-33-25-44(26-34-53)50-27-35-55-57(39-50)60-56-36-28-45-15-7-8-20-54(45)58(55)56;1-3-9-40(10-4-1)42-15-19-44(20-16-42)46-23-31-51(32-24-46)59(52-33-25-47(26-34-52)45-21-17-43(18-22-45)41-11-5-2-6-12-41)53-35-27-48(28-36-53)50-29-37-55-57(39-50)60-56-38-30-49-13-7-8-14-54(49)58(55)56/h2*1-39H. The quantitative estimate of drug-likeness (QED) is 0.0965. The molecule has 22 rings (SSSR count). The SMILES string of the molecule is c1ccc(-c2ccc(-c3ccc(N(c4ccc(-c5ccc(-c6ccccc6)cc5)cc4)c4ccc(-c5ccc6c(c5)oc5ccc7ccccc7c56)cc4)cc3)cc2)cc1.c1ccc(-c2cccc(-c3ccc(N(c4ccc(-c5cccc(-c6ccccc6)c5)cc4)c4ccc(-c5ccc6c(c5)oc5ccc7ccccc7c56)cc4)cc3)c2)cc1. The molecule has 0 aliphatic carbocycles. The highest BCUT2D eigenvalue weighted by molar-refractivity contribution is 6.20. The van der Waals surface area contributed by atoms with Gasteiger partial charge in [0.05, 0.1) is 0 Å². The molecule has 120 heavy (non-hydrogen) atoms. The number of rotatable bonds is 16. The lowest BCUT2D eigenvalue weighted by Gasteiger charge is -2.26. The third kappa shape index (κ3) is 14.3. The van der Waals surface area contributed by atoms with E-state index >= 15 is 0 Å². The van der Waals surface area contributed by atoms with E-state index in [9.17, 15) is 0 Å². The Morgan fingerprint density at radius 2 is 0.325 bits per heavy atom. The molecule has 0 spiro atoms. The zero-order valence-electron chi connectivity index (χ0n) is 65.7. The van der Waals surface area contributed by atoms with E-state index in [1.54, 1.807) is 0 Å². The summed E-state index contributed by atoms with van der Waals surface area (Å²) in [7, 11) is 0. The molecule has 0 amide bonds. The molecule has 0 atom stereocenters. The summed E-state index contributed by atoms with van der Waals surface area (Å²) in [5.74, 6) is 0. The Hall–Kier alpha value is -15.9. The maximum absolute atomic E-state index is 6.43. The maximum Gasteiger partial charge on any atom is 0.136 e. The first kappa shape index (κ1) is 71.9. The molecule has 22 aromatic rings. The molecule has 0 radical (unpaired) electrons. The van der Waals surface area contributed by atoms with E-state index < -0.39 is 0 Å². The molecule has 0 aliphatic heterocycles. The molecule has 2 aromatic heterocycles. The van der Waals surface area contributed by atoms with Crippen LogP contribution < -0.4 is 9.80 Å². The molecule has 0 fully saturated rings. The van der Waals surface area contributed by atoms with Gasteiger partial charge in [-0.05, 0) is 254 Å². The summed E-state index contributed by atoms with van der Waals surface area (Å²) in [6, 6.07) is 169. The van der Waals surface area contributed by atoms with Crippen LogP contribution in [0.1, 0.15) is 0 Å². The number of fused-ring (bicyclic) bond motifs is 10. The van der Waals surface area contributed by atoms with Gasteiger partial charge in [-0.1, -0.05) is 352 Å². The van der Waals surface area contributed by atoms with Crippen LogP contribution in [0.2, 0.25) is 0 Å². The number of hydrogen-bond donors (Lipinski definition) is 0. The van der Waals surface area contributed by atoms with Crippen molar-refractivity contribution in [2.75, 3.05) is 9.80 Å². The zero-order valence-corrected chi connectivity index (χ0v) is 65.7. The number of hydrogen-bond acceptors (Lipinski definition) is 4. The van der Waals surface area contributed by atoms with Gasteiger partial charge in [0.25, 0.3) is 0 Å². The lowest BCUT2D eigenvalue weighted by Crippen LogP contribution is -2.09. The van der Waals surface area contributed by atoms with Crippen molar-refractivity contribution in [1.82, 2.24) is 0 Å². The first-order valence-electron chi connectivity index (χ1n) is 41.0. The minimum atomic E-state index is 0.897. The van der Waals surface area contributed by atoms with Crippen LogP contribution in [-0.4, -0.2) is 0 Å². The monoisotopic (exact) mass is 1530 g/mol. The average Bonchev–Trinajstić information content (AvgIpc) is 1.64. The van der Waals surface area contributed by atoms with Crippen molar-refractivity contribution in [3.05, 3.63) is 473 Å². The smallest absolute Gasteiger partial charge is 0.136 e. The molecule has 0 unspecified atom stereocenters. The molecule has 0 aliphatic rings. The number of nitrogens with zero attached hydrogens (tertiary/aromatic N) is 2. The fourth-order valence-corrected chi connectivity index (χ4v) is 17.2. The summed E-state index contributed by atoms with van der Waals surface area (Å²) in [6.45, 7) is 0. The minimum absolute atomic E-state index is 0.897. The lowest BCUT2D eigenvalue weighted by molar-refractivity contribution is 0.669. The van der Waals surface area contributed by atoms with Crippen LogP contribution in [0.5, 0.6) is 0 Å². The maximum atomic E-state index is 6.43. The summed E-state index contributed by atoms with van der Waals surface area (Å²) in [4.78, 5) is 4.67. The Morgan fingerprint density at radius 3 is 0.600 bits per heavy atom. The van der Waals surface area contributed by atoms with E-state index in [-0.39, 0.29) is 0 Å². The number of benzene rings is 20. The van der Waals surface area contributed by atoms with Gasteiger partial charge in [0.1, 0.15) is 22.3 Å². The molecule has 20 aromatic carbocycles. The zero-order chi connectivity index (χ0) is 79.7. The highest BCUT2D eigenvalue weighted by Gasteiger charge is 2.20. The van der Waals surface area contributed by atoms with Crippen molar-refractivity contribution in [3.8, 4) is 111 Å². The number of anilines is 6. The van der Waals surface area contributed by atoms with Gasteiger partial charge in [-0.15, -0.1) is 0 Å². The molecule has 0 saturated heterocycles. The Bertz CT molecular complexity index is 7160. The van der Waals surface area contributed by atoms with Crippen LogP contribution in [0.4, 0.5) is 34.1 Å². The van der Waals surface area contributed by atoms with Gasteiger partial charge in [-0.3, -0.25) is 0 Å². The average molecular weight is 1530 g/mol. The van der Waals surface area contributed by atoms with E-state index in [2.05, 4.69) is 483 Å². The fourth-order valence-electron chi connectivity index (χ4n) is 17.2. The second-order valence-electron chi connectivity index (χ2n) is 30.7. The van der Waals surface area contributed by atoms with Gasteiger partial charge in [0.15, 0.2) is 0 Å². The highest BCUT2D eigenvalue weighted by Crippen LogP contribution is 2.45. The molecule has 4 heteroatoms. The third-order valence-electron chi connectivity index (χ3n) is 23.4. The van der Waals surface area contributed by atoms with Crippen molar-refractivity contribution in [2.24, 2.45) is 0 Å². The third-order valence-corrected chi connectivity index (χ3v) is 23.4. The second kappa shape index (κ2) is 31.7. The van der Waals surface area contributed by atoms with Crippen molar-refractivity contribution >= 4 is 99.5 Å². The molecule has 0 N–H and O–H groups in total. The summed E-state index contributed by atoms with van der Waals surface area (Å²) in [6.07, 6.45) is 0. The first-order chi connectivity index (χ1) is 59.4. The topological polar surface area (TPSA) is 32.8 Å². The van der Waals surface area contributed by atoms with Gasteiger partial charge < -0.3 is 18.6 Å². The van der Waals surface area contributed by atoms with Crippen molar-refractivity contribution in [3.63, 3.8) is 0 Å². The molecule has 0 saturated carbocycles. The van der Waals surface area contributed by atoms with E-state index in [0.717, 1.165) is 89.5 Å². The molecule has 0 bridgehead atoms. The van der Waals surface area contributed by atoms with Gasteiger partial charge >= 0.3 is 0 Å². The van der Waals surface area contributed by atoms with E-state index in [1.165, 1.54) is 121 Å². The Labute approximate surface area is 697 Å². The van der Waals surface area contributed by atoms with Crippen molar-refractivity contribution in [1.29, 1.82) is 0 Å². The molecular weight excluding hydrogens is 1450 g/mol. The predicted molar refractivity (Wildman–Crippen MR) is 506 cm³/mol. The largest absolute Gasteiger partial charge is 0.456 e. The summed E-state index contributed by atoms with van der Waals surface area (Å²) >= 11 is 0. The Balaban J connectivity index is 0.000000148. The summed E-state index contributed by atoms with van der Waals surface area (Å²) < 4.78 is 12.9. The molecule has 564 valence electrons. The predicted octanol–water partition coefficient (Wildman–Crippen LogP) is 33.1. The molecule has 4 nitrogen and oxygen atoms in total. The van der Waals surface area contributed by atoms with E-state index in [0.29, 0.717) is 0 Å². The summed E-state index contributed by atoms with van der Waals surface area (Å²) in [5.41, 5.74) is 33.8. The fraction of sp³-hybridized carbons (Fsp3) is 0. The van der Waals surface area contributed by atoms with Gasteiger partial charge in [-0.25, -0.2) is 0 Å². The lowest BCUT2D eigenvalue weighted by atomic mass is 9.98. The second-order valence-corrected chi connectivity index (χ2v) is 30.7. The highest BCUT2D eigenvalue weighted by atomic mass is 16.3. The van der Waals surface area contributed by atoms with Gasteiger partial charge in [0, 0.05) is 55.7 Å². The van der Waals surface area contributed by atoms with E-state index in [4.69, 9.17) is 8.83 Å². The van der Waals surface area contributed by atoms with Crippen molar-refractivity contribution < 1.29 is 8.83 Å². The van der Waals surface area contributed by atoms with Gasteiger partial charge in [-0.2, -0.15) is 0 Å². The Morgan fingerprint density at radius 1 is 0.125 bits per heavy atom. The Kier molecular flexibility index (Phi) is 19.0. The van der Waals surface area contributed by atoms with Crippen LogP contribution in [0, 0.1) is 0 Å². The van der Waals surface area contributed by atoms with Crippen LogP contribution in [0.15, 0.2) is 482 Å². The summed E-state index contributed by atoms with van der Waals surface area (Å²) in [5, 5.41) is 9.49. The van der Waals surface area contributed by atoms with Crippen molar-refractivity contribution in [2.45, 2.75) is 0 Å². The molecular formula is C116H78N2O2. The van der Waals surface area contributed by atoms with Crippen LogP contribution in [-0.2, 0) is 0 Å². The molecule has 2 heterocycles. The van der Waals surface area contributed by atoms with Gasteiger partial charge in [0.2, 0.25) is 0 Å². The van der Waals surface area contributed by atoms with Crippen LogP contribution in [0.3, 0.4) is 0 Å². The van der Waals surface area contributed by atoms with Crippen LogP contribution in [0.25, 0.3) is 177 Å². The van der Waals surface area contributed by atoms with Crippen LogP contribution >= 0.6 is 0 Å². The first-order valence-corrected chi connectivity index (χ1v) is 41.0. The normalized spacial score (nSPS) is 11.3. The minimum Gasteiger partial charge on any atom is -0.456 e. The number of furan rings is 2. The van der Waals surface area contributed by atoms with E-state index in [1.807, 2.05) is 0 Å².